The molecule has 0 atom stereocenters. The predicted octanol–water partition coefficient (Wildman–Crippen LogP) is 6.65. The summed E-state index contributed by atoms with van der Waals surface area (Å²) in [5.41, 5.74) is 3.53. The summed E-state index contributed by atoms with van der Waals surface area (Å²) in [6.07, 6.45) is 0. The van der Waals surface area contributed by atoms with Gasteiger partial charge in [-0.05, 0) is 31.2 Å². The molecule has 0 aliphatic carbocycles. The first-order valence-electron chi connectivity index (χ1n) is 7.74. The number of allylic oxidation sites excluding steroid dienone is 1. The number of aromatic nitrogens is 1. The SMILES string of the molecule is C=C(C)n1c2ccccc2c2cc3sc4ccccc4c3cc21. The van der Waals surface area contributed by atoms with E-state index in [-0.39, 0.29) is 0 Å². The first-order chi connectivity index (χ1) is 11.2. The van der Waals surface area contributed by atoms with Crippen molar-refractivity contribution in [3.8, 4) is 0 Å². The summed E-state index contributed by atoms with van der Waals surface area (Å²) >= 11 is 1.87. The highest BCUT2D eigenvalue weighted by molar-refractivity contribution is 7.25. The van der Waals surface area contributed by atoms with Gasteiger partial charge in [0.1, 0.15) is 0 Å². The van der Waals surface area contributed by atoms with Crippen LogP contribution in [0, 0.1) is 0 Å². The van der Waals surface area contributed by atoms with Crippen molar-refractivity contribution in [2.45, 2.75) is 6.92 Å². The van der Waals surface area contributed by atoms with Crippen LogP contribution in [0.15, 0.2) is 67.2 Å². The highest BCUT2D eigenvalue weighted by Gasteiger charge is 2.14. The Morgan fingerprint density at radius 3 is 2.35 bits per heavy atom. The lowest BCUT2D eigenvalue weighted by Crippen LogP contribution is -1.90. The van der Waals surface area contributed by atoms with E-state index in [9.17, 15) is 0 Å². The van der Waals surface area contributed by atoms with Gasteiger partial charge in [0.2, 0.25) is 0 Å². The minimum Gasteiger partial charge on any atom is -0.314 e. The zero-order chi connectivity index (χ0) is 15.6. The van der Waals surface area contributed by atoms with E-state index in [0.717, 1.165) is 5.70 Å². The van der Waals surface area contributed by atoms with E-state index >= 15 is 0 Å². The number of thiophene rings is 1. The largest absolute Gasteiger partial charge is 0.314 e. The zero-order valence-electron chi connectivity index (χ0n) is 12.8. The van der Waals surface area contributed by atoms with E-state index in [1.807, 2.05) is 11.3 Å². The molecule has 5 aromatic rings. The number of fused-ring (bicyclic) bond motifs is 6. The maximum atomic E-state index is 4.19. The number of hydrogen-bond donors (Lipinski definition) is 0. The van der Waals surface area contributed by atoms with Crippen LogP contribution in [0.25, 0.3) is 47.7 Å². The van der Waals surface area contributed by atoms with E-state index in [2.05, 4.69) is 78.7 Å². The Bertz CT molecular complexity index is 1240. The molecule has 0 saturated carbocycles. The standard InChI is InChI=1S/C21H15NS/c1-13(2)22-18-9-5-3-7-14(18)16-12-21-17(11-19(16)22)15-8-4-6-10-20(15)23-21/h3-12H,1H2,2H3. The van der Waals surface area contributed by atoms with Crippen molar-refractivity contribution in [1.82, 2.24) is 4.57 Å². The fraction of sp³-hybridized carbons (Fsp3) is 0.0476. The van der Waals surface area contributed by atoms with E-state index < -0.39 is 0 Å². The second-order valence-electron chi connectivity index (χ2n) is 6.05. The molecular formula is C21H15NS. The summed E-state index contributed by atoms with van der Waals surface area (Å²) in [5.74, 6) is 0. The molecule has 2 heteroatoms. The molecule has 110 valence electrons. The number of benzene rings is 3. The van der Waals surface area contributed by atoms with Crippen molar-refractivity contribution in [2.24, 2.45) is 0 Å². The Labute approximate surface area is 138 Å². The quantitative estimate of drug-likeness (QED) is 0.326. The number of nitrogens with zero attached hydrogens (tertiary/aromatic N) is 1. The molecule has 0 radical (unpaired) electrons. The lowest BCUT2D eigenvalue weighted by Gasteiger charge is -2.05. The van der Waals surface area contributed by atoms with Gasteiger partial charge in [-0.25, -0.2) is 0 Å². The first-order valence-corrected chi connectivity index (χ1v) is 8.56. The highest BCUT2D eigenvalue weighted by atomic mass is 32.1. The number of hydrogen-bond acceptors (Lipinski definition) is 1. The zero-order valence-corrected chi connectivity index (χ0v) is 13.7. The fourth-order valence-electron chi connectivity index (χ4n) is 3.60. The first kappa shape index (κ1) is 12.9. The second kappa shape index (κ2) is 4.46. The van der Waals surface area contributed by atoms with Gasteiger partial charge in [0.25, 0.3) is 0 Å². The summed E-state index contributed by atoms with van der Waals surface area (Å²) in [6.45, 7) is 6.26. The molecule has 0 N–H and O–H groups in total. The molecule has 2 aromatic heterocycles. The summed E-state index contributed by atoms with van der Waals surface area (Å²) in [4.78, 5) is 0. The maximum absolute atomic E-state index is 4.19. The van der Waals surface area contributed by atoms with Crippen LogP contribution in [0.5, 0.6) is 0 Å². The van der Waals surface area contributed by atoms with Crippen LogP contribution >= 0.6 is 11.3 Å². The van der Waals surface area contributed by atoms with Crippen molar-refractivity contribution >= 4 is 59.0 Å². The minimum absolute atomic E-state index is 1.05. The van der Waals surface area contributed by atoms with Crippen LogP contribution in [0.2, 0.25) is 0 Å². The molecule has 0 amide bonds. The average molecular weight is 313 g/mol. The van der Waals surface area contributed by atoms with E-state index in [1.165, 1.54) is 42.0 Å². The van der Waals surface area contributed by atoms with Crippen LogP contribution < -0.4 is 0 Å². The predicted molar refractivity (Wildman–Crippen MR) is 103 cm³/mol. The third-order valence-corrected chi connectivity index (χ3v) is 5.69. The van der Waals surface area contributed by atoms with E-state index in [0.29, 0.717) is 0 Å². The summed E-state index contributed by atoms with van der Waals surface area (Å²) < 4.78 is 4.97. The minimum atomic E-state index is 1.05. The Balaban J connectivity index is 2.07. The van der Waals surface area contributed by atoms with Gasteiger partial charge in [0, 0.05) is 36.6 Å². The molecule has 1 nitrogen and oxygen atoms in total. The third-order valence-electron chi connectivity index (χ3n) is 4.55. The monoisotopic (exact) mass is 313 g/mol. The number of rotatable bonds is 1. The lowest BCUT2D eigenvalue weighted by molar-refractivity contribution is 1.21. The molecule has 5 rings (SSSR count). The Hall–Kier alpha value is -2.58. The van der Waals surface area contributed by atoms with Crippen molar-refractivity contribution in [2.75, 3.05) is 0 Å². The molecule has 0 unspecified atom stereocenters. The summed E-state index contributed by atoms with van der Waals surface area (Å²) in [6, 6.07) is 21.9. The summed E-state index contributed by atoms with van der Waals surface area (Å²) in [7, 11) is 0. The maximum Gasteiger partial charge on any atom is 0.0544 e. The van der Waals surface area contributed by atoms with Crippen molar-refractivity contribution in [1.29, 1.82) is 0 Å². The van der Waals surface area contributed by atoms with Crippen LogP contribution in [-0.2, 0) is 0 Å². The van der Waals surface area contributed by atoms with Gasteiger partial charge in [-0.15, -0.1) is 11.3 Å². The van der Waals surface area contributed by atoms with Crippen molar-refractivity contribution in [3.63, 3.8) is 0 Å². The van der Waals surface area contributed by atoms with Crippen molar-refractivity contribution < 1.29 is 0 Å². The van der Waals surface area contributed by atoms with Gasteiger partial charge >= 0.3 is 0 Å². The van der Waals surface area contributed by atoms with E-state index in [1.54, 1.807) is 0 Å². The molecule has 0 fully saturated rings. The van der Waals surface area contributed by atoms with Gasteiger partial charge in [-0.2, -0.15) is 0 Å². The molecule has 0 bridgehead atoms. The van der Waals surface area contributed by atoms with Gasteiger partial charge in [-0.3, -0.25) is 0 Å². The molecule has 2 heterocycles. The van der Waals surface area contributed by atoms with Crippen LogP contribution in [0.3, 0.4) is 0 Å². The molecular weight excluding hydrogens is 298 g/mol. The Kier molecular flexibility index (Phi) is 2.51. The number of para-hydroxylation sites is 1. The molecule has 23 heavy (non-hydrogen) atoms. The van der Waals surface area contributed by atoms with Gasteiger partial charge in [0.05, 0.1) is 11.0 Å². The molecule has 0 saturated heterocycles. The topological polar surface area (TPSA) is 4.93 Å². The average Bonchev–Trinajstić information content (AvgIpc) is 3.08. The molecule has 0 spiro atoms. The Morgan fingerprint density at radius 1 is 0.783 bits per heavy atom. The van der Waals surface area contributed by atoms with Crippen molar-refractivity contribution in [3.05, 3.63) is 67.2 Å². The lowest BCUT2D eigenvalue weighted by atomic mass is 10.1. The normalized spacial score (nSPS) is 11.9. The van der Waals surface area contributed by atoms with Crippen LogP contribution in [-0.4, -0.2) is 4.57 Å². The molecule has 0 aliphatic rings. The Morgan fingerprint density at radius 2 is 1.52 bits per heavy atom. The fourth-order valence-corrected chi connectivity index (χ4v) is 4.73. The van der Waals surface area contributed by atoms with E-state index in [4.69, 9.17) is 0 Å². The van der Waals surface area contributed by atoms with Crippen LogP contribution in [0.1, 0.15) is 6.92 Å². The third kappa shape index (κ3) is 1.67. The van der Waals surface area contributed by atoms with Gasteiger partial charge in [0.15, 0.2) is 0 Å². The second-order valence-corrected chi connectivity index (χ2v) is 7.14. The van der Waals surface area contributed by atoms with Crippen LogP contribution in [0.4, 0.5) is 0 Å². The molecule has 3 aromatic carbocycles. The van der Waals surface area contributed by atoms with Gasteiger partial charge < -0.3 is 4.57 Å². The molecule has 0 aliphatic heterocycles. The summed E-state index contributed by atoms with van der Waals surface area (Å²) in [5, 5.41) is 5.28. The smallest absolute Gasteiger partial charge is 0.0544 e. The van der Waals surface area contributed by atoms with Gasteiger partial charge in [-0.1, -0.05) is 43.0 Å². The highest BCUT2D eigenvalue weighted by Crippen LogP contribution is 2.40.